The van der Waals surface area contributed by atoms with Gasteiger partial charge in [-0.1, -0.05) is 6.07 Å². The van der Waals surface area contributed by atoms with Crippen LogP contribution in [-0.4, -0.2) is 146 Å². The van der Waals surface area contributed by atoms with E-state index in [0.29, 0.717) is 36.4 Å². The maximum atomic E-state index is 12.9. The van der Waals surface area contributed by atoms with Crippen molar-refractivity contribution in [2.24, 2.45) is 20.5 Å². The molecule has 35 nitrogen and oxygen atoms in total. The number of azo groups is 2. The number of phenolic OH excluding ortho intramolecular Hbond substituents is 1. The van der Waals surface area contributed by atoms with Crippen LogP contribution in [0.4, 0.5) is 51.7 Å². The molecule has 0 unspecified atom stereocenters. The van der Waals surface area contributed by atoms with E-state index in [1.807, 2.05) is 0 Å². The second-order valence-electron chi connectivity index (χ2n) is 15.5. The predicted molar refractivity (Wildman–Crippen MR) is 272 cm³/mol. The molecule has 0 fully saturated rings. The lowest BCUT2D eigenvalue weighted by Gasteiger charge is -2.19. The van der Waals surface area contributed by atoms with Gasteiger partial charge in [-0.05, 0) is 83.7 Å². The van der Waals surface area contributed by atoms with Crippen LogP contribution in [0, 0.1) is 0 Å². The third-order valence-corrected chi connectivity index (χ3v) is 18.0. The largest absolute Gasteiger partial charge is 0.505 e. The minimum Gasteiger partial charge on any atom is -0.505 e. The van der Waals surface area contributed by atoms with E-state index >= 15 is 0 Å². The van der Waals surface area contributed by atoms with Gasteiger partial charge in [0.05, 0.1) is 45.6 Å². The Labute approximate surface area is 456 Å². The molecule has 0 atom stereocenters. The minimum absolute atomic E-state index is 0.0967. The fraction of sp³-hybridized carbons (Fsp3) is 0.139. The molecule has 80 heavy (non-hydrogen) atoms. The third kappa shape index (κ3) is 15.4. The number of hydrogen-bond donors (Lipinski definition) is 9. The Balaban J connectivity index is 1.43. The van der Waals surface area contributed by atoms with Crippen LogP contribution < -0.4 is 16.0 Å². The number of aromatic hydroxyl groups is 1. The Hall–Kier alpha value is -6.66. The molecule has 6 rings (SSSR count). The van der Waals surface area contributed by atoms with Crippen LogP contribution in [0.15, 0.2) is 123 Å². The lowest BCUT2D eigenvalue weighted by Crippen LogP contribution is -2.17. The third-order valence-electron chi connectivity index (χ3n) is 10.1. The van der Waals surface area contributed by atoms with Crippen LogP contribution in [0.25, 0.3) is 10.8 Å². The summed E-state index contributed by atoms with van der Waals surface area (Å²) < 4.78 is 262. The topological polar surface area (TPSA) is 563 Å². The molecule has 5 aromatic carbocycles. The number of anilines is 5. The zero-order chi connectivity index (χ0) is 59.9. The number of benzene rings is 5. The number of phenols is 1. The van der Waals surface area contributed by atoms with Crippen LogP contribution in [0.2, 0.25) is 5.28 Å². The van der Waals surface area contributed by atoms with Gasteiger partial charge in [0.2, 0.25) is 17.2 Å². The summed E-state index contributed by atoms with van der Waals surface area (Å²) >= 11 is 6.17. The van der Waals surface area contributed by atoms with Crippen LogP contribution >= 0.6 is 11.6 Å². The Kier molecular flexibility index (Phi) is 17.7. The van der Waals surface area contributed by atoms with Gasteiger partial charge in [0.25, 0.3) is 40.5 Å². The fourth-order valence-corrected chi connectivity index (χ4v) is 12.4. The molecular formula is C36H33ClN10O25S8. The average Bonchev–Trinajstić information content (AvgIpc) is 3.30. The number of hydrogen-bond acceptors (Lipinski definition) is 29. The summed E-state index contributed by atoms with van der Waals surface area (Å²) in [6, 6.07) is 9.83. The molecule has 0 amide bonds. The van der Waals surface area contributed by atoms with Crippen molar-refractivity contribution in [1.29, 1.82) is 0 Å². The maximum absolute atomic E-state index is 12.9. The number of aromatic nitrogens is 3. The molecule has 432 valence electrons. The fourth-order valence-electron chi connectivity index (χ4n) is 6.59. The minimum atomic E-state index is -5.61. The summed E-state index contributed by atoms with van der Waals surface area (Å²) in [6.07, 6.45) is 0. The van der Waals surface area contributed by atoms with Crippen molar-refractivity contribution in [3.8, 4) is 5.75 Å². The lowest BCUT2D eigenvalue weighted by molar-refractivity contribution is 0.282. The van der Waals surface area contributed by atoms with Crippen molar-refractivity contribution in [2.75, 3.05) is 47.7 Å². The number of nitrogens with zero attached hydrogens (tertiary/aromatic N) is 8. The van der Waals surface area contributed by atoms with E-state index in [0.717, 1.165) is 24.3 Å². The first-order valence-electron chi connectivity index (χ1n) is 20.4. The summed E-state index contributed by atoms with van der Waals surface area (Å²) in [4.78, 5) is 6.85. The zero-order valence-electron chi connectivity index (χ0n) is 39.0. The molecule has 1 aromatic heterocycles. The average molecular weight is 1300 g/mol. The van der Waals surface area contributed by atoms with E-state index in [-0.39, 0.29) is 22.2 Å². The van der Waals surface area contributed by atoms with Gasteiger partial charge >= 0.3 is 20.8 Å². The highest BCUT2D eigenvalue weighted by molar-refractivity contribution is 7.92. The van der Waals surface area contributed by atoms with Crippen LogP contribution in [0.3, 0.4) is 0 Å². The van der Waals surface area contributed by atoms with E-state index in [2.05, 4.69) is 49.1 Å². The first kappa shape index (κ1) is 62.5. The molecule has 0 spiro atoms. The highest BCUT2D eigenvalue weighted by atomic mass is 35.5. The molecule has 10 N–H and O–H groups in total. The molecule has 0 saturated carbocycles. The smallest absolute Gasteiger partial charge is 0.397 e. The summed E-state index contributed by atoms with van der Waals surface area (Å²) in [6.45, 7) is -2.10. The molecule has 0 bridgehead atoms. The quantitative estimate of drug-likeness (QED) is 0.0267. The standard InChI is InChI=1S/C36H33ClN10O25S8/c1-47(20-3-2-4-21(16-20)73(49,50)11-9-71-79(65,66)67)36-41-34(37)40-35(42-36)39-19-5-8-25(75(53,54)55)24(15-19)44-46-32-28(78(62,63)64)14-18-13-27(77(59,60)61)31(30(38)29(18)33(32)48)45-43-23-7-6-22(17-26(23)76(56,57)58)74(51,52)12-10-72-80(68,69)70/h2-8,13-17,48H,9-12,38H2,1H3,(H,53,54,55)(H,56,57,58)(H,59,60,61)(H,62,63,64)(H,65,66,67)(H,68,69,70)(H,39,40,41,42)/b45-43+,46-44+. The summed E-state index contributed by atoms with van der Waals surface area (Å²) in [5, 5.41) is 26.4. The molecule has 44 heteroatoms. The highest BCUT2D eigenvalue weighted by Gasteiger charge is 2.30. The second kappa shape index (κ2) is 22.7. The maximum Gasteiger partial charge on any atom is 0.397 e. The van der Waals surface area contributed by atoms with Crippen LogP contribution in [0.1, 0.15) is 0 Å². The Morgan fingerprint density at radius 1 is 0.575 bits per heavy atom. The van der Waals surface area contributed by atoms with Crippen molar-refractivity contribution in [2.45, 2.75) is 29.4 Å². The van der Waals surface area contributed by atoms with E-state index in [1.165, 1.54) is 24.1 Å². The van der Waals surface area contributed by atoms with Crippen molar-refractivity contribution in [1.82, 2.24) is 15.0 Å². The Bertz CT molecular complexity index is 4560. The zero-order valence-corrected chi connectivity index (χ0v) is 46.3. The monoisotopic (exact) mass is 1300 g/mol. The molecule has 0 aliphatic heterocycles. The number of nitrogen functional groups attached to an aromatic ring is 1. The normalized spacial score (nSPS) is 13.3. The van der Waals surface area contributed by atoms with Gasteiger partial charge in [-0.3, -0.25) is 27.3 Å². The van der Waals surface area contributed by atoms with Crippen LogP contribution in [0.5, 0.6) is 5.75 Å². The van der Waals surface area contributed by atoms with Gasteiger partial charge in [0, 0.05) is 18.4 Å². The molecule has 6 aromatic rings. The van der Waals surface area contributed by atoms with Crippen molar-refractivity contribution in [3.63, 3.8) is 0 Å². The van der Waals surface area contributed by atoms with Gasteiger partial charge < -0.3 is 21.1 Å². The van der Waals surface area contributed by atoms with Crippen molar-refractivity contribution < 1.29 is 108 Å². The van der Waals surface area contributed by atoms with Gasteiger partial charge in [0.15, 0.2) is 25.4 Å². The Morgan fingerprint density at radius 2 is 1.09 bits per heavy atom. The number of halogens is 1. The van der Waals surface area contributed by atoms with E-state index in [9.17, 15) is 90.7 Å². The molecule has 0 aliphatic rings. The number of nitrogens with two attached hydrogens (primary N) is 1. The van der Waals surface area contributed by atoms with Gasteiger partial charge in [-0.25, -0.2) is 25.2 Å². The summed E-state index contributed by atoms with van der Waals surface area (Å²) in [5.74, 6) is -4.20. The molecule has 0 aliphatic carbocycles. The lowest BCUT2D eigenvalue weighted by atomic mass is 10.1. The van der Waals surface area contributed by atoms with Gasteiger partial charge in [-0.15, -0.1) is 20.5 Å². The molecular weight excluding hydrogens is 1260 g/mol. The number of sulfone groups is 2. The van der Waals surface area contributed by atoms with Gasteiger partial charge in [0.1, 0.15) is 42.3 Å². The first-order valence-corrected chi connectivity index (χ1v) is 32.6. The van der Waals surface area contributed by atoms with Crippen molar-refractivity contribution >= 4 is 155 Å². The number of nitrogens with one attached hydrogen (secondary N) is 1. The number of fused-ring (bicyclic) bond motifs is 1. The van der Waals surface area contributed by atoms with E-state index in [4.69, 9.17) is 26.4 Å². The SMILES string of the molecule is CN(c1cccc(S(=O)(=O)CCOS(=O)(=O)O)c1)c1nc(Cl)nc(Nc2ccc(S(=O)(=O)O)c(/N=N/c3c(S(=O)(=O)O)cc4cc(S(=O)(=O)O)c(/N=N/c5ccc(S(=O)(=O)CCOS(=O)(=O)O)cc5S(=O)(=O)O)c(N)c4c3O)c2)n1. The summed E-state index contributed by atoms with van der Waals surface area (Å²) in [7, 11) is -39.6. The number of rotatable bonds is 22. The summed E-state index contributed by atoms with van der Waals surface area (Å²) in [5.41, 5.74) is 0.630. The van der Waals surface area contributed by atoms with Gasteiger partial charge in [-0.2, -0.15) is 65.5 Å². The second-order valence-corrected chi connectivity index (χ2v) is 27.8. The highest BCUT2D eigenvalue weighted by Crippen LogP contribution is 2.49. The van der Waals surface area contributed by atoms with Crippen molar-refractivity contribution in [3.05, 3.63) is 78.1 Å². The molecule has 1 heterocycles. The first-order chi connectivity index (χ1) is 36.6. The Morgan fingerprint density at radius 3 is 1.62 bits per heavy atom. The predicted octanol–water partition coefficient (Wildman–Crippen LogP) is 3.48. The molecule has 0 radical (unpaired) electrons. The van der Waals surface area contributed by atoms with E-state index < -0.39 is 186 Å². The van der Waals surface area contributed by atoms with Crippen LogP contribution in [-0.2, 0) is 89.3 Å². The van der Waals surface area contributed by atoms with E-state index in [1.54, 1.807) is 0 Å². The molecule has 0 saturated heterocycles.